The largest absolute Gasteiger partial charge is 0.497 e. The first-order valence-electron chi connectivity index (χ1n) is 36.0. The molecule has 0 saturated heterocycles. The predicted molar refractivity (Wildman–Crippen MR) is 428 cm³/mol. The number of rotatable bonds is 8. The Bertz CT molecular complexity index is 5240. The third kappa shape index (κ3) is 11.4. The third-order valence-electron chi connectivity index (χ3n) is 22.5. The van der Waals surface area contributed by atoms with Gasteiger partial charge < -0.3 is 48.0 Å². The molecule has 2 atom stereocenters. The highest BCUT2D eigenvalue weighted by Crippen LogP contribution is 2.57. The lowest BCUT2D eigenvalue weighted by atomic mass is 9.76. The molecule has 0 amide bonds. The molecular weight excluding hydrogens is 1300 g/mol. The first kappa shape index (κ1) is 69.0. The Morgan fingerprint density at radius 1 is 0.467 bits per heavy atom. The molecule has 0 aliphatic carbocycles. The molecule has 528 valence electrons. The number of hydrogen-bond acceptors (Lipinski definition) is 12. The van der Waals surface area contributed by atoms with Gasteiger partial charge in [0.25, 0.3) is 0 Å². The Labute approximate surface area is 617 Å². The van der Waals surface area contributed by atoms with Crippen LogP contribution in [0.25, 0.3) is 27.6 Å². The molecule has 0 bridgehead atoms. The standard InChI is InChI=1S/C27H24O3.C25H26N2O2.C22H20N2O.C19H19NO/c1-28-23-13-9-21(10-14-23)27(22-11-15-24(29-2)16-12-22)18-17-20-8-7-19-5-3-4-6-25(19)26(20)30-27;1-17-6-15-23-22(16-17)24(28)29-25(23,18-7-11-20(12-8-18)26(2)3)19-9-13-21(14-10-19)27(4)5;1-21(2)17-10-6-7-11-18(17)24(3)22(21)14-23-20-16-9-5-4-8-15(16)12-13-19(20)25-22;1-18(2)15-9-5-6-10-16(15)20(3)19(18)13-12-14-8-4-7-11-17(14)21-19/h3-16H,17-18H2,1-2H3;6-16H,1-5H3;4-14H,1-3H3;4-13H,1-3H3. The number of fused-ring (bicyclic) bond motifs is 10. The summed E-state index contributed by atoms with van der Waals surface area (Å²) in [5.41, 5.74) is 14.3. The van der Waals surface area contributed by atoms with Gasteiger partial charge >= 0.3 is 5.97 Å². The molecule has 12 aromatic rings. The molecule has 0 fully saturated rings. The molecule has 12 heteroatoms. The Hall–Kier alpha value is -11.8. The van der Waals surface area contributed by atoms with Gasteiger partial charge in [-0.2, -0.15) is 0 Å². The maximum atomic E-state index is 12.9. The van der Waals surface area contributed by atoms with E-state index >= 15 is 0 Å². The molecule has 0 aromatic heterocycles. The maximum absolute atomic E-state index is 12.9. The summed E-state index contributed by atoms with van der Waals surface area (Å²) in [6.07, 6.45) is 8.18. The van der Waals surface area contributed by atoms with E-state index in [1.54, 1.807) is 14.2 Å². The average molecular weight is 1390 g/mol. The minimum atomic E-state index is -0.949. The number of para-hydroxylation sites is 3. The van der Waals surface area contributed by atoms with Crippen molar-refractivity contribution in [2.75, 3.05) is 76.1 Å². The number of cyclic esters (lactones) is 1. The van der Waals surface area contributed by atoms with Gasteiger partial charge in [-0.15, -0.1) is 0 Å². The summed E-state index contributed by atoms with van der Waals surface area (Å²) < 4.78 is 37.1. The lowest BCUT2D eigenvalue weighted by Gasteiger charge is -2.45. The molecule has 2 spiro atoms. The van der Waals surface area contributed by atoms with E-state index in [1.165, 1.54) is 38.8 Å². The van der Waals surface area contributed by atoms with Crippen LogP contribution in [0.15, 0.2) is 272 Å². The molecule has 0 saturated carbocycles. The molecule has 12 aromatic carbocycles. The van der Waals surface area contributed by atoms with Crippen LogP contribution in [0, 0.1) is 6.92 Å². The number of nitrogens with zero attached hydrogens (tertiary/aromatic N) is 5. The second kappa shape index (κ2) is 26.8. The second-order valence-electron chi connectivity index (χ2n) is 29.4. The van der Waals surface area contributed by atoms with Crippen LogP contribution in [-0.2, 0) is 33.2 Å². The van der Waals surface area contributed by atoms with Gasteiger partial charge in [0.2, 0.25) is 11.4 Å². The van der Waals surface area contributed by atoms with E-state index in [9.17, 15) is 4.79 Å². The highest BCUT2D eigenvalue weighted by Gasteiger charge is 2.60. The Kier molecular flexibility index (Phi) is 17.6. The van der Waals surface area contributed by atoms with E-state index in [-0.39, 0.29) is 16.8 Å². The number of hydrogen-bond donors (Lipinski definition) is 0. The Balaban J connectivity index is 0.000000113. The topological polar surface area (TPSA) is 97.8 Å². The summed E-state index contributed by atoms with van der Waals surface area (Å²) >= 11 is 0. The van der Waals surface area contributed by atoms with Crippen LogP contribution >= 0.6 is 0 Å². The van der Waals surface area contributed by atoms with Crippen molar-refractivity contribution < 1.29 is 33.2 Å². The zero-order valence-corrected chi connectivity index (χ0v) is 62.1. The van der Waals surface area contributed by atoms with E-state index in [0.717, 1.165) is 108 Å². The van der Waals surface area contributed by atoms with E-state index in [1.807, 2.05) is 120 Å². The van der Waals surface area contributed by atoms with Gasteiger partial charge in [0.05, 0.1) is 36.8 Å². The molecule has 12 nitrogen and oxygen atoms in total. The van der Waals surface area contributed by atoms with Gasteiger partial charge in [0.1, 0.15) is 34.4 Å². The number of aliphatic imine (C=N–C) groups is 1. The number of likely N-dealkylation sites (N-methyl/N-ethyl adjacent to an activating group) is 2. The summed E-state index contributed by atoms with van der Waals surface area (Å²) in [5.74, 6) is 4.17. The van der Waals surface area contributed by atoms with Crippen molar-refractivity contribution in [1.29, 1.82) is 0 Å². The smallest absolute Gasteiger partial charge is 0.340 e. The fraction of sp³-hybridized carbons (Fsp3) is 0.226. The summed E-state index contributed by atoms with van der Waals surface area (Å²) in [7, 11) is 15.6. The minimum absolute atomic E-state index is 0.123. The Morgan fingerprint density at radius 2 is 0.962 bits per heavy atom. The van der Waals surface area contributed by atoms with Crippen LogP contribution in [-0.4, -0.2) is 80.1 Å². The summed E-state index contributed by atoms with van der Waals surface area (Å²) in [4.78, 5) is 26.4. The lowest BCUT2D eigenvalue weighted by molar-refractivity contribution is 0.0251. The van der Waals surface area contributed by atoms with Gasteiger partial charge in [-0.25, -0.2) is 4.79 Å². The summed E-state index contributed by atoms with van der Waals surface area (Å²) in [6, 6.07) is 89.4. The van der Waals surface area contributed by atoms with Crippen molar-refractivity contribution in [1.82, 2.24) is 0 Å². The van der Waals surface area contributed by atoms with E-state index in [0.29, 0.717) is 5.56 Å². The number of aryl methyl sites for hydroxylation is 2. The SMILES string of the molecule is CN1c2ccccc2C(C)(C)C12C=Cc1ccccc1O2.CN1c2ccccc2C(C)(C)C12C=Nc1c(ccc3ccccc13)O2.COc1ccc(C2(c3ccc(OC)cc3)CCc3ccc4ccccc4c3O2)cc1.Cc1ccc2c(c1)C(=O)OC2(c1ccc(N(C)C)cc1)c1ccc(N(C)C)cc1. The fourth-order valence-corrected chi connectivity index (χ4v) is 16.4. The molecular formula is C93H89N5O7. The predicted octanol–water partition coefficient (Wildman–Crippen LogP) is 20.0. The van der Waals surface area contributed by atoms with E-state index < -0.39 is 22.7 Å². The number of esters is 1. The number of carbonyl (C=O) groups is 1. The molecule has 6 aliphatic heterocycles. The fourth-order valence-electron chi connectivity index (χ4n) is 16.4. The highest BCUT2D eigenvalue weighted by atomic mass is 16.6. The highest BCUT2D eigenvalue weighted by molar-refractivity contribution is 6.00. The van der Waals surface area contributed by atoms with Gasteiger partial charge in [0, 0.05) is 109 Å². The van der Waals surface area contributed by atoms with Crippen molar-refractivity contribution >= 4 is 68.2 Å². The zero-order valence-electron chi connectivity index (χ0n) is 62.1. The van der Waals surface area contributed by atoms with Crippen molar-refractivity contribution in [2.24, 2.45) is 4.99 Å². The number of methoxy groups -OCH3 is 2. The third-order valence-corrected chi connectivity index (χ3v) is 22.5. The van der Waals surface area contributed by atoms with Crippen molar-refractivity contribution in [2.45, 2.75) is 80.9 Å². The van der Waals surface area contributed by atoms with Gasteiger partial charge in [-0.1, -0.05) is 188 Å². The number of benzene rings is 12. The first-order valence-corrected chi connectivity index (χ1v) is 36.0. The van der Waals surface area contributed by atoms with Crippen LogP contribution in [0.3, 0.4) is 0 Å². The summed E-state index contributed by atoms with van der Waals surface area (Å²) in [6.45, 7) is 11.0. The second-order valence-corrected chi connectivity index (χ2v) is 29.4. The molecule has 105 heavy (non-hydrogen) atoms. The first-order chi connectivity index (χ1) is 50.7. The molecule has 0 radical (unpaired) electrons. The normalized spacial score (nSPS) is 18.5. The van der Waals surface area contributed by atoms with Crippen molar-refractivity contribution in [3.05, 3.63) is 328 Å². The number of carbonyl (C=O) groups excluding carboxylic acids is 1. The van der Waals surface area contributed by atoms with Crippen molar-refractivity contribution in [3.8, 4) is 28.7 Å². The van der Waals surface area contributed by atoms with Gasteiger partial charge in [-0.05, 0) is 166 Å². The van der Waals surface area contributed by atoms with Crippen LogP contribution in [0.1, 0.15) is 100 Å². The molecule has 0 N–H and O–H groups in total. The summed E-state index contributed by atoms with van der Waals surface area (Å²) in [5, 5.41) is 4.65. The van der Waals surface area contributed by atoms with E-state index in [2.05, 4.69) is 256 Å². The molecule has 6 aliphatic rings. The van der Waals surface area contributed by atoms with Gasteiger partial charge in [0.15, 0.2) is 11.2 Å². The molecule has 2 unspecified atom stereocenters. The average Bonchev–Trinajstić information content (AvgIpc) is 1.57. The van der Waals surface area contributed by atoms with Gasteiger partial charge in [-0.3, -0.25) is 4.99 Å². The monoisotopic (exact) mass is 1390 g/mol. The minimum Gasteiger partial charge on any atom is -0.497 e. The van der Waals surface area contributed by atoms with E-state index in [4.69, 9.17) is 33.4 Å². The number of anilines is 4. The van der Waals surface area contributed by atoms with Crippen LogP contribution in [0.2, 0.25) is 0 Å². The molecule has 6 heterocycles. The zero-order chi connectivity index (χ0) is 73.2. The van der Waals surface area contributed by atoms with Crippen molar-refractivity contribution in [3.63, 3.8) is 0 Å². The maximum Gasteiger partial charge on any atom is 0.340 e. The van der Waals surface area contributed by atoms with Crippen LogP contribution in [0.4, 0.5) is 28.4 Å². The quantitative estimate of drug-likeness (QED) is 0.136. The Morgan fingerprint density at radius 3 is 1.54 bits per heavy atom. The van der Waals surface area contributed by atoms with Crippen LogP contribution < -0.4 is 43.3 Å². The molecule has 18 rings (SSSR count). The lowest BCUT2D eigenvalue weighted by Crippen LogP contribution is -2.61. The van der Waals surface area contributed by atoms with Crippen LogP contribution in [0.5, 0.6) is 28.7 Å². The number of ether oxygens (including phenoxy) is 6.